The molecule has 1 fully saturated rings. The number of primary amides is 1. The van der Waals surface area contributed by atoms with Crippen LogP contribution in [0.1, 0.15) is 163 Å². The predicted octanol–water partition coefficient (Wildman–Crippen LogP) is -1.74. The Labute approximate surface area is 683 Å². The fourth-order valence-corrected chi connectivity index (χ4v) is 12.4. The molecule has 1 aliphatic rings. The van der Waals surface area contributed by atoms with Crippen LogP contribution in [-0.2, 0) is 113 Å². The number of cyclic esters (lactones) is 1. The molecular formula is C79H104N14O26. The van der Waals surface area contributed by atoms with Gasteiger partial charge < -0.3 is 95.4 Å². The molecule has 646 valence electrons. The lowest BCUT2D eigenvalue weighted by Gasteiger charge is -2.29. The summed E-state index contributed by atoms with van der Waals surface area (Å²) in [5.41, 5.74) is 19.3. The van der Waals surface area contributed by atoms with Gasteiger partial charge in [-0.05, 0) is 93.5 Å². The van der Waals surface area contributed by atoms with Crippen molar-refractivity contribution in [1.82, 2.24) is 58.2 Å². The minimum atomic E-state index is -2.54. The molecule has 1 aliphatic heterocycles. The zero-order chi connectivity index (χ0) is 89.2. The summed E-state index contributed by atoms with van der Waals surface area (Å²) in [4.78, 5) is 285. The highest BCUT2D eigenvalue weighted by molar-refractivity contribution is 6.16. The van der Waals surface area contributed by atoms with Gasteiger partial charge in [-0.15, -0.1) is 0 Å². The average molecular weight is 1670 g/mol. The van der Waals surface area contributed by atoms with E-state index < -0.39 is 248 Å². The van der Waals surface area contributed by atoms with E-state index in [0.717, 1.165) is 63.5 Å². The van der Waals surface area contributed by atoms with Crippen molar-refractivity contribution >= 4 is 135 Å². The van der Waals surface area contributed by atoms with Crippen molar-refractivity contribution in [1.29, 1.82) is 0 Å². The molecule has 0 bridgehead atoms. The molecule has 0 spiro atoms. The molecule has 11 amide bonds. The maximum atomic E-state index is 14.8. The van der Waals surface area contributed by atoms with Crippen molar-refractivity contribution in [2.45, 2.75) is 199 Å². The number of aryl methyl sites for hydroxylation is 1. The number of hydrogen-bond acceptors (Lipinski definition) is 26. The number of aliphatic carboxylic acids is 2. The van der Waals surface area contributed by atoms with Gasteiger partial charge in [0.2, 0.25) is 59.1 Å². The maximum Gasteiger partial charge on any atom is 0.373 e. The van der Waals surface area contributed by atoms with E-state index in [1.165, 1.54) is 45.9 Å². The summed E-state index contributed by atoms with van der Waals surface area (Å²) < 4.78 is 5.73. The fourth-order valence-electron chi connectivity index (χ4n) is 12.4. The van der Waals surface area contributed by atoms with Gasteiger partial charge in [-0.3, -0.25) is 81.5 Å². The number of aromatic amines is 1. The second-order valence-corrected chi connectivity index (χ2v) is 28.4. The number of carboxylic acid groups (broad SMARTS) is 2. The second kappa shape index (κ2) is 51.8. The third-order valence-electron chi connectivity index (χ3n) is 19.0. The van der Waals surface area contributed by atoms with Crippen LogP contribution in [-0.4, -0.2) is 219 Å². The number of nitrogens with two attached hydrogens (primary N) is 3. The number of aliphatic hydroxyl groups is 1. The van der Waals surface area contributed by atoms with Crippen molar-refractivity contribution < 1.29 is 126 Å². The van der Waals surface area contributed by atoms with Gasteiger partial charge >= 0.3 is 30.2 Å². The number of para-hydroxylation sites is 2. The Hall–Kier alpha value is -13.1. The summed E-state index contributed by atoms with van der Waals surface area (Å²) in [5.74, 6) is -27.4. The van der Waals surface area contributed by atoms with Crippen LogP contribution in [0.4, 0.5) is 5.69 Å². The van der Waals surface area contributed by atoms with Crippen molar-refractivity contribution in [3.05, 3.63) is 101 Å². The van der Waals surface area contributed by atoms with Gasteiger partial charge in [-0.1, -0.05) is 102 Å². The number of ketones is 4. The Balaban J connectivity index is 0.00000591. The van der Waals surface area contributed by atoms with Crippen LogP contribution < -0.4 is 70.4 Å². The standard InChI is InChI=1S/C77H104N14O22.2CO2/c1-7-8-9-10-11-12-18-45-24-26-46(27-25-45)72(107)89-56(32-47-36-81-52-22-16-14-19-48(47)52)75(110)87-54(34-61(80)96)58(93)30-42(4)70(105)90-66-44(6)113-77(112)67(68(103)49-20-13-15-21-51(49)79)91-73(108)50(40(2)31-64(99)100)33-60(95)57(39-92)86-63(98)37-82-71(106)43(5)84-69(104)41(3)29-59(94)55(35-65(101)102)88-74(109)53(23-17-28-78)85-62(97)38-83-76(66)111;2*2-1-3/h13-16,19-22,24-27,36,40-44,50,53-57,66-67,81,92H,7-12,17-18,23,28-35,37-39,78-79H2,1-6H3,(H2,80,96)(H,82,106)(H,83,111)(H,84,104)(H,85,97)(H,86,98)(H,87,110)(H,88,109)(H,89,107)(H,90,105)(H,91,108)(H,99,100)(H,101,102);;/t40-,41+,42-,43+,44-,50+,53+,54-,55+,56+,57-,66+,67+;;/m1../s1. The minimum Gasteiger partial charge on any atom is -0.481 e. The second-order valence-electron chi connectivity index (χ2n) is 28.4. The highest BCUT2D eigenvalue weighted by atomic mass is 16.5. The number of nitrogen functional groups attached to an aromatic ring is 1. The number of unbranched alkanes of at least 4 members (excludes halogenated alkanes) is 5. The van der Waals surface area contributed by atoms with Gasteiger partial charge in [0.1, 0.15) is 36.3 Å². The largest absolute Gasteiger partial charge is 0.481 e. The first-order valence-electron chi connectivity index (χ1n) is 38.2. The number of Topliss-reactive ketones (excluding diaryl/α,β-unsaturated/α-hetero) is 4. The molecular weight excluding hydrogens is 1560 g/mol. The number of H-pyrrole nitrogens is 1. The van der Waals surface area contributed by atoms with E-state index in [4.69, 9.17) is 41.1 Å². The Morgan fingerprint density at radius 3 is 1.82 bits per heavy atom. The number of nitrogens with one attached hydrogen (secondary N) is 11. The van der Waals surface area contributed by atoms with E-state index in [1.807, 2.05) is 12.1 Å². The van der Waals surface area contributed by atoms with E-state index in [9.17, 15) is 102 Å². The lowest BCUT2D eigenvalue weighted by atomic mass is 9.84. The van der Waals surface area contributed by atoms with Crippen LogP contribution in [0.3, 0.4) is 0 Å². The first-order chi connectivity index (χ1) is 56.4. The van der Waals surface area contributed by atoms with Crippen LogP contribution in [0.5, 0.6) is 0 Å². The summed E-state index contributed by atoms with van der Waals surface area (Å²) in [6.45, 7) is 4.66. The molecule has 1 saturated heterocycles. The number of hydrogen-bond donors (Lipinski definition) is 17. The van der Waals surface area contributed by atoms with Gasteiger partial charge in [-0.2, -0.15) is 19.2 Å². The van der Waals surface area contributed by atoms with Gasteiger partial charge in [0.15, 0.2) is 29.2 Å². The summed E-state index contributed by atoms with van der Waals surface area (Å²) in [6.07, 6.45) is 1.61. The quantitative estimate of drug-likeness (QED) is 0.00874. The van der Waals surface area contributed by atoms with E-state index in [-0.39, 0.29) is 49.4 Å². The van der Waals surface area contributed by atoms with Crippen molar-refractivity contribution in [2.75, 3.05) is 32.0 Å². The smallest absolute Gasteiger partial charge is 0.373 e. The average Bonchev–Trinajstić information content (AvgIpc) is 1.80. The number of carbonyl (C=O) groups is 18. The number of carbonyl (C=O) groups excluding carboxylic acids is 20. The third-order valence-corrected chi connectivity index (χ3v) is 19.0. The first kappa shape index (κ1) is 100. The van der Waals surface area contributed by atoms with E-state index in [2.05, 4.69) is 65.1 Å². The molecule has 1 aromatic heterocycles. The molecule has 0 aliphatic carbocycles. The molecule has 2 heterocycles. The molecule has 20 N–H and O–H groups in total. The van der Waals surface area contributed by atoms with E-state index >= 15 is 0 Å². The number of carboxylic acids is 2. The number of esters is 1. The predicted molar refractivity (Wildman–Crippen MR) is 416 cm³/mol. The maximum absolute atomic E-state index is 14.8. The molecule has 0 unspecified atom stereocenters. The molecule has 0 saturated carbocycles. The SMILES string of the molecule is CCCCCCCCc1ccc(C(=O)N[C@@H](Cc2c[nH]c3ccccc23)C(=O)N[C@H](CC(N)=O)C(=O)C[C@@H](C)C(=O)N[C@@H]2C(=O)NCC(=O)N[C@@H](CCCN)C(=O)N[C@@H](CC(=O)O)C(=O)C[C@H](C)C(=O)N[C@@H](C)C(=O)NCC(=O)N[C@H](CO)C(=O)C[C@@H]([C@H](C)CC(=O)O)C(=O)N[C@@H](C(=O)c3ccccc3N)C(=O)O[C@@H]2C)cc1.O=C=O.O=C=O. The summed E-state index contributed by atoms with van der Waals surface area (Å²) in [5, 5.41) is 54.1. The Bertz CT molecular complexity index is 4310. The molecule has 40 nitrogen and oxygen atoms in total. The number of amides is 11. The Kier molecular flexibility index (Phi) is 43.6. The number of ether oxygens (including phenoxy) is 1. The normalized spacial score (nSPS) is 20.6. The number of rotatable bonds is 31. The topological polar surface area (TPSA) is 660 Å². The first-order valence-corrected chi connectivity index (χ1v) is 38.2. The molecule has 4 aromatic rings. The van der Waals surface area contributed by atoms with Crippen molar-refractivity contribution in [3.63, 3.8) is 0 Å². The van der Waals surface area contributed by atoms with Crippen LogP contribution >= 0.6 is 0 Å². The van der Waals surface area contributed by atoms with Crippen LogP contribution in [0, 0.1) is 23.7 Å². The highest BCUT2D eigenvalue weighted by Gasteiger charge is 2.42. The lowest BCUT2D eigenvalue weighted by molar-refractivity contribution is -0.193. The zero-order valence-electron chi connectivity index (χ0n) is 66.6. The van der Waals surface area contributed by atoms with E-state index in [1.54, 1.807) is 42.6 Å². The van der Waals surface area contributed by atoms with E-state index in [0.29, 0.717) is 16.5 Å². The van der Waals surface area contributed by atoms with Gasteiger partial charge in [0.25, 0.3) is 5.91 Å². The van der Waals surface area contributed by atoms with Crippen LogP contribution in [0.25, 0.3) is 10.9 Å². The fraction of sp³-hybridized carbons (Fsp3) is 0.494. The van der Waals surface area contributed by atoms with Crippen LogP contribution in [0.15, 0.2) is 79.0 Å². The summed E-state index contributed by atoms with van der Waals surface area (Å²) in [6, 6.07) is 4.30. The summed E-state index contributed by atoms with van der Waals surface area (Å²) in [7, 11) is 0. The van der Waals surface area contributed by atoms with Gasteiger partial charge in [-0.25, -0.2) is 4.79 Å². The molecule has 119 heavy (non-hydrogen) atoms. The third kappa shape index (κ3) is 34.3. The van der Waals surface area contributed by atoms with Gasteiger partial charge in [0, 0.05) is 83.8 Å². The number of aromatic nitrogens is 1. The molecule has 40 heteroatoms. The molecule has 0 radical (unpaired) electrons. The Morgan fingerprint density at radius 2 is 1.22 bits per heavy atom. The zero-order valence-corrected chi connectivity index (χ0v) is 66.6. The Morgan fingerprint density at radius 1 is 0.622 bits per heavy atom. The lowest BCUT2D eigenvalue weighted by Crippen LogP contribution is -2.58. The number of aliphatic hydroxyl groups excluding tert-OH is 1. The molecule has 5 rings (SSSR count). The number of fused-ring (bicyclic) bond motifs is 1. The minimum absolute atomic E-state index is 0.00670. The monoisotopic (exact) mass is 1660 g/mol. The molecule has 3 aromatic carbocycles. The highest BCUT2D eigenvalue weighted by Crippen LogP contribution is 2.25. The summed E-state index contributed by atoms with van der Waals surface area (Å²) >= 11 is 0. The molecule has 13 atom stereocenters. The van der Waals surface area contributed by atoms with Crippen LogP contribution in [0.2, 0.25) is 0 Å². The van der Waals surface area contributed by atoms with Gasteiger partial charge in [0.05, 0.1) is 44.6 Å². The van der Waals surface area contributed by atoms with Crippen molar-refractivity contribution in [3.8, 4) is 0 Å². The number of benzene rings is 3. The van der Waals surface area contributed by atoms with Crippen molar-refractivity contribution in [2.24, 2.45) is 35.1 Å². The number of anilines is 1.